The molecule has 1 aliphatic rings. The van der Waals surface area contributed by atoms with Crippen molar-refractivity contribution in [2.75, 3.05) is 33.2 Å². The molecule has 1 aromatic carbocycles. The van der Waals surface area contributed by atoms with Crippen molar-refractivity contribution in [3.05, 3.63) is 35.6 Å². The van der Waals surface area contributed by atoms with Crippen molar-refractivity contribution in [2.45, 2.75) is 32.7 Å². The minimum Gasteiger partial charge on any atom is -0.357 e. The summed E-state index contributed by atoms with van der Waals surface area (Å²) in [7, 11) is 1.94. The van der Waals surface area contributed by atoms with Gasteiger partial charge in [0.05, 0.1) is 0 Å². The molecule has 1 amide bonds. The molecule has 132 valence electrons. The van der Waals surface area contributed by atoms with Crippen LogP contribution in [0.15, 0.2) is 29.3 Å². The van der Waals surface area contributed by atoms with E-state index < -0.39 is 0 Å². The summed E-state index contributed by atoms with van der Waals surface area (Å²) < 4.78 is 13.3. The molecule has 1 saturated heterocycles. The standard InChI is InChI=1S/C18H27FN4O/c1-3-20-18(21-10-6-12-23-11-5-9-17(23)24)22(2)14-15-7-4-8-16(19)13-15/h4,7-8,13H,3,5-6,9-12,14H2,1-2H3,(H,20,21). The number of nitrogens with one attached hydrogen (secondary N) is 1. The fourth-order valence-corrected chi connectivity index (χ4v) is 2.84. The van der Waals surface area contributed by atoms with Crippen LogP contribution in [0, 0.1) is 5.82 Å². The molecule has 0 aliphatic carbocycles. The van der Waals surface area contributed by atoms with Crippen LogP contribution in [0.3, 0.4) is 0 Å². The summed E-state index contributed by atoms with van der Waals surface area (Å²) in [5, 5.41) is 3.26. The van der Waals surface area contributed by atoms with E-state index in [-0.39, 0.29) is 11.7 Å². The summed E-state index contributed by atoms with van der Waals surface area (Å²) >= 11 is 0. The summed E-state index contributed by atoms with van der Waals surface area (Å²) in [6.07, 6.45) is 2.51. The Kier molecular flexibility index (Phi) is 7.03. The molecular weight excluding hydrogens is 307 g/mol. The van der Waals surface area contributed by atoms with E-state index in [1.54, 1.807) is 12.1 Å². The van der Waals surface area contributed by atoms with Crippen LogP contribution in [0.2, 0.25) is 0 Å². The Morgan fingerprint density at radius 3 is 2.96 bits per heavy atom. The van der Waals surface area contributed by atoms with Crippen molar-refractivity contribution in [3.8, 4) is 0 Å². The summed E-state index contributed by atoms with van der Waals surface area (Å²) in [5.41, 5.74) is 0.908. The van der Waals surface area contributed by atoms with Crippen LogP contribution < -0.4 is 5.32 Å². The van der Waals surface area contributed by atoms with Gasteiger partial charge >= 0.3 is 0 Å². The van der Waals surface area contributed by atoms with Gasteiger partial charge in [-0.2, -0.15) is 0 Å². The third kappa shape index (κ3) is 5.51. The molecule has 1 fully saturated rings. The fraction of sp³-hybridized carbons (Fsp3) is 0.556. The Morgan fingerprint density at radius 2 is 2.29 bits per heavy atom. The molecule has 1 aliphatic heterocycles. The summed E-state index contributed by atoms with van der Waals surface area (Å²) in [4.78, 5) is 20.1. The van der Waals surface area contributed by atoms with E-state index in [1.165, 1.54) is 6.07 Å². The highest BCUT2D eigenvalue weighted by molar-refractivity contribution is 5.79. The van der Waals surface area contributed by atoms with Gasteiger partial charge in [0.1, 0.15) is 5.82 Å². The number of aliphatic imine (C=N–C) groups is 1. The molecule has 0 unspecified atom stereocenters. The second-order valence-electron chi connectivity index (χ2n) is 6.06. The lowest BCUT2D eigenvalue weighted by molar-refractivity contribution is -0.127. The van der Waals surface area contributed by atoms with Gasteiger partial charge in [-0.15, -0.1) is 0 Å². The smallest absolute Gasteiger partial charge is 0.222 e. The first-order valence-electron chi connectivity index (χ1n) is 8.62. The third-order valence-electron chi connectivity index (χ3n) is 4.02. The number of nitrogens with zero attached hydrogens (tertiary/aromatic N) is 3. The van der Waals surface area contributed by atoms with Crippen molar-refractivity contribution >= 4 is 11.9 Å². The topological polar surface area (TPSA) is 47.9 Å². The monoisotopic (exact) mass is 334 g/mol. The zero-order valence-corrected chi connectivity index (χ0v) is 14.6. The lowest BCUT2D eigenvalue weighted by Crippen LogP contribution is -2.38. The molecule has 6 heteroatoms. The first-order chi connectivity index (χ1) is 11.6. The largest absolute Gasteiger partial charge is 0.357 e. The molecule has 0 atom stereocenters. The van der Waals surface area contributed by atoms with E-state index in [9.17, 15) is 9.18 Å². The Bertz CT molecular complexity index is 576. The Labute approximate surface area is 143 Å². The van der Waals surface area contributed by atoms with Gasteiger partial charge in [0, 0.05) is 46.2 Å². The van der Waals surface area contributed by atoms with Gasteiger partial charge in [0.15, 0.2) is 5.96 Å². The van der Waals surface area contributed by atoms with Crippen LogP contribution in [-0.4, -0.2) is 54.9 Å². The molecule has 0 spiro atoms. The lowest BCUT2D eigenvalue weighted by atomic mass is 10.2. The van der Waals surface area contributed by atoms with Crippen molar-refractivity contribution in [3.63, 3.8) is 0 Å². The molecular formula is C18H27FN4O. The SMILES string of the molecule is CCNC(=NCCCN1CCCC1=O)N(C)Cc1cccc(F)c1. The van der Waals surface area contributed by atoms with Gasteiger partial charge in [-0.3, -0.25) is 9.79 Å². The van der Waals surface area contributed by atoms with Crippen molar-refractivity contribution < 1.29 is 9.18 Å². The van der Waals surface area contributed by atoms with Gasteiger partial charge < -0.3 is 15.1 Å². The average Bonchev–Trinajstić information content (AvgIpc) is 2.95. The van der Waals surface area contributed by atoms with Gasteiger partial charge in [-0.25, -0.2) is 4.39 Å². The van der Waals surface area contributed by atoms with E-state index in [4.69, 9.17) is 0 Å². The minimum atomic E-state index is -0.224. The molecule has 1 heterocycles. The predicted octanol–water partition coefficient (Wildman–Crippen LogP) is 2.24. The molecule has 24 heavy (non-hydrogen) atoms. The Morgan fingerprint density at radius 1 is 1.46 bits per heavy atom. The zero-order valence-electron chi connectivity index (χ0n) is 14.6. The average molecular weight is 334 g/mol. The first-order valence-corrected chi connectivity index (χ1v) is 8.62. The maximum Gasteiger partial charge on any atom is 0.222 e. The minimum absolute atomic E-state index is 0.224. The number of halogens is 1. The van der Waals surface area contributed by atoms with Gasteiger partial charge in [0.25, 0.3) is 0 Å². The quantitative estimate of drug-likeness (QED) is 0.473. The molecule has 1 aromatic rings. The van der Waals surface area contributed by atoms with E-state index in [1.807, 2.05) is 29.8 Å². The lowest BCUT2D eigenvalue weighted by Gasteiger charge is -2.22. The number of amides is 1. The van der Waals surface area contributed by atoms with Crippen LogP contribution in [-0.2, 0) is 11.3 Å². The van der Waals surface area contributed by atoms with Crippen molar-refractivity contribution in [2.24, 2.45) is 4.99 Å². The van der Waals surface area contributed by atoms with Crippen LogP contribution in [0.4, 0.5) is 4.39 Å². The molecule has 2 rings (SSSR count). The van der Waals surface area contributed by atoms with Crippen LogP contribution in [0.25, 0.3) is 0 Å². The van der Waals surface area contributed by atoms with Gasteiger partial charge in [-0.1, -0.05) is 12.1 Å². The normalized spacial score (nSPS) is 15.0. The number of benzene rings is 1. The van der Waals surface area contributed by atoms with Crippen molar-refractivity contribution in [1.29, 1.82) is 0 Å². The van der Waals surface area contributed by atoms with E-state index in [0.717, 1.165) is 44.0 Å². The van der Waals surface area contributed by atoms with Crippen molar-refractivity contribution in [1.82, 2.24) is 15.1 Å². The molecule has 0 saturated carbocycles. The first kappa shape index (κ1) is 18.2. The second-order valence-corrected chi connectivity index (χ2v) is 6.06. The zero-order chi connectivity index (χ0) is 17.4. The third-order valence-corrected chi connectivity index (χ3v) is 4.02. The van der Waals surface area contributed by atoms with E-state index >= 15 is 0 Å². The number of rotatable bonds is 7. The molecule has 5 nitrogen and oxygen atoms in total. The number of carbonyl (C=O) groups is 1. The molecule has 0 radical (unpaired) electrons. The summed E-state index contributed by atoms with van der Waals surface area (Å²) in [5.74, 6) is 0.835. The van der Waals surface area contributed by atoms with E-state index in [0.29, 0.717) is 19.5 Å². The Balaban J connectivity index is 1.85. The number of hydrogen-bond acceptors (Lipinski definition) is 2. The maximum atomic E-state index is 13.3. The predicted molar refractivity (Wildman–Crippen MR) is 94.3 cm³/mol. The second kappa shape index (κ2) is 9.25. The summed E-state index contributed by atoms with van der Waals surface area (Å²) in [6, 6.07) is 6.61. The number of likely N-dealkylation sites (tertiary alicyclic amines) is 1. The Hall–Kier alpha value is -2.11. The number of hydrogen-bond donors (Lipinski definition) is 1. The van der Waals surface area contributed by atoms with Gasteiger partial charge in [0.2, 0.25) is 5.91 Å². The summed E-state index contributed by atoms with van der Waals surface area (Å²) in [6.45, 7) is 5.70. The highest BCUT2D eigenvalue weighted by Gasteiger charge is 2.18. The number of carbonyl (C=O) groups excluding carboxylic acids is 1. The van der Waals surface area contributed by atoms with Gasteiger partial charge in [-0.05, 0) is 37.5 Å². The van der Waals surface area contributed by atoms with Crippen LogP contribution in [0.1, 0.15) is 31.7 Å². The van der Waals surface area contributed by atoms with Crippen LogP contribution in [0.5, 0.6) is 0 Å². The molecule has 0 aromatic heterocycles. The molecule has 1 N–H and O–H groups in total. The van der Waals surface area contributed by atoms with Crippen LogP contribution >= 0.6 is 0 Å². The fourth-order valence-electron chi connectivity index (χ4n) is 2.84. The number of guanidine groups is 1. The maximum absolute atomic E-state index is 13.3. The van der Waals surface area contributed by atoms with E-state index in [2.05, 4.69) is 10.3 Å². The molecule has 0 bridgehead atoms. The highest BCUT2D eigenvalue weighted by Crippen LogP contribution is 2.10. The highest BCUT2D eigenvalue weighted by atomic mass is 19.1.